The summed E-state index contributed by atoms with van der Waals surface area (Å²) in [5.74, 6) is 2.22. The Labute approximate surface area is 128 Å². The van der Waals surface area contributed by atoms with Crippen molar-refractivity contribution >= 4 is 17.4 Å². The van der Waals surface area contributed by atoms with Crippen LogP contribution in [0.3, 0.4) is 0 Å². The monoisotopic (exact) mass is 307 g/mol. The van der Waals surface area contributed by atoms with Crippen LogP contribution in [0.5, 0.6) is 0 Å². The lowest BCUT2D eigenvalue weighted by Gasteiger charge is -2.12. The van der Waals surface area contributed by atoms with Gasteiger partial charge in [-0.25, -0.2) is 9.37 Å². The summed E-state index contributed by atoms with van der Waals surface area (Å²) in [7, 11) is 0. The van der Waals surface area contributed by atoms with Gasteiger partial charge in [-0.2, -0.15) is 0 Å². The van der Waals surface area contributed by atoms with Gasteiger partial charge in [-0.3, -0.25) is 0 Å². The number of hydrogen-bond acceptors (Lipinski definition) is 2. The molecular weight excluding hydrogens is 289 g/mol. The van der Waals surface area contributed by atoms with E-state index in [4.69, 9.17) is 17.3 Å². The van der Waals surface area contributed by atoms with Gasteiger partial charge < -0.3 is 10.3 Å². The van der Waals surface area contributed by atoms with Crippen LogP contribution in [0.25, 0.3) is 11.3 Å². The molecule has 0 atom stereocenters. The maximum atomic E-state index is 13.6. The number of nitrogens with zero attached hydrogens (tertiary/aromatic N) is 2. The maximum absolute atomic E-state index is 13.6. The quantitative estimate of drug-likeness (QED) is 0.906. The van der Waals surface area contributed by atoms with Gasteiger partial charge in [0.25, 0.3) is 0 Å². The highest BCUT2D eigenvalue weighted by Crippen LogP contribution is 2.42. The highest BCUT2D eigenvalue weighted by Gasteiger charge is 2.31. The van der Waals surface area contributed by atoms with Crippen LogP contribution in [0.2, 0.25) is 5.02 Å². The number of anilines is 1. The van der Waals surface area contributed by atoms with Crippen LogP contribution < -0.4 is 5.73 Å². The topological polar surface area (TPSA) is 43.8 Å². The fourth-order valence-corrected chi connectivity index (χ4v) is 2.82. The van der Waals surface area contributed by atoms with Crippen LogP contribution in [0.4, 0.5) is 10.2 Å². The normalized spacial score (nSPS) is 14.9. The van der Waals surface area contributed by atoms with Gasteiger partial charge in [-0.15, -0.1) is 0 Å². The van der Waals surface area contributed by atoms with E-state index in [1.165, 1.54) is 12.1 Å². The second kappa shape index (κ2) is 5.34. The summed E-state index contributed by atoms with van der Waals surface area (Å²) < 4.78 is 15.7. The summed E-state index contributed by atoms with van der Waals surface area (Å²) in [6.07, 6.45) is 2.30. The molecule has 1 saturated carbocycles. The third-order valence-electron chi connectivity index (χ3n) is 3.66. The molecule has 3 nitrogen and oxygen atoms in total. The number of benzene rings is 1. The van der Waals surface area contributed by atoms with Crippen LogP contribution in [0.15, 0.2) is 18.2 Å². The molecule has 0 radical (unpaired) electrons. The van der Waals surface area contributed by atoms with Crippen molar-refractivity contribution in [3.05, 3.63) is 34.9 Å². The fourth-order valence-electron chi connectivity index (χ4n) is 2.60. The molecule has 0 spiro atoms. The first kappa shape index (κ1) is 14.4. The molecule has 1 aliphatic carbocycles. The van der Waals surface area contributed by atoms with Crippen molar-refractivity contribution in [1.29, 1.82) is 0 Å². The van der Waals surface area contributed by atoms with E-state index < -0.39 is 0 Å². The van der Waals surface area contributed by atoms with Gasteiger partial charge in [0.05, 0.1) is 0 Å². The SMILES string of the molecule is CC(C)Cn1c(C2CC2)nc(-c2cc(F)cc(Cl)c2)c1N. The summed E-state index contributed by atoms with van der Waals surface area (Å²) in [5.41, 5.74) is 7.56. The van der Waals surface area contributed by atoms with Gasteiger partial charge in [-0.05, 0) is 37.0 Å². The minimum atomic E-state index is -0.372. The van der Waals surface area contributed by atoms with Gasteiger partial charge in [0.15, 0.2) is 0 Å². The third-order valence-corrected chi connectivity index (χ3v) is 3.88. The molecule has 0 amide bonds. The number of rotatable bonds is 4. The molecule has 1 heterocycles. The number of nitrogens with two attached hydrogens (primary N) is 1. The van der Waals surface area contributed by atoms with Crippen molar-refractivity contribution in [1.82, 2.24) is 9.55 Å². The Hall–Kier alpha value is -1.55. The lowest BCUT2D eigenvalue weighted by atomic mass is 10.1. The largest absolute Gasteiger partial charge is 0.383 e. The average Bonchev–Trinajstić information content (AvgIpc) is 3.16. The molecule has 5 heteroatoms. The minimum absolute atomic E-state index is 0.357. The second-order valence-corrected chi connectivity index (χ2v) is 6.58. The Balaban J connectivity index is 2.10. The number of imidazole rings is 1. The highest BCUT2D eigenvalue weighted by atomic mass is 35.5. The van der Waals surface area contributed by atoms with Gasteiger partial charge >= 0.3 is 0 Å². The molecule has 0 saturated heterocycles. The zero-order chi connectivity index (χ0) is 15.1. The minimum Gasteiger partial charge on any atom is -0.383 e. The van der Waals surface area contributed by atoms with Crippen LogP contribution in [-0.4, -0.2) is 9.55 Å². The Morgan fingerprint density at radius 2 is 2.10 bits per heavy atom. The number of aromatic nitrogens is 2. The Kier molecular flexibility index (Phi) is 3.66. The van der Waals surface area contributed by atoms with E-state index in [2.05, 4.69) is 23.4 Å². The molecule has 3 rings (SSSR count). The van der Waals surface area contributed by atoms with Gasteiger partial charge in [0, 0.05) is 23.0 Å². The molecule has 1 aliphatic rings. The first-order chi connectivity index (χ1) is 9.95. The summed E-state index contributed by atoms with van der Waals surface area (Å²) in [4.78, 5) is 4.69. The zero-order valence-electron chi connectivity index (χ0n) is 12.2. The van der Waals surface area contributed by atoms with Crippen molar-refractivity contribution in [3.8, 4) is 11.3 Å². The smallest absolute Gasteiger partial charge is 0.131 e. The Morgan fingerprint density at radius 1 is 1.38 bits per heavy atom. The number of hydrogen-bond donors (Lipinski definition) is 1. The van der Waals surface area contributed by atoms with E-state index in [9.17, 15) is 4.39 Å². The molecule has 1 aromatic carbocycles. The average molecular weight is 308 g/mol. The zero-order valence-corrected chi connectivity index (χ0v) is 13.0. The second-order valence-electron chi connectivity index (χ2n) is 6.14. The van der Waals surface area contributed by atoms with Crippen molar-refractivity contribution < 1.29 is 4.39 Å². The van der Waals surface area contributed by atoms with Gasteiger partial charge in [0.2, 0.25) is 0 Å². The summed E-state index contributed by atoms with van der Waals surface area (Å²) in [6.45, 7) is 5.12. The predicted molar refractivity (Wildman–Crippen MR) is 83.9 cm³/mol. The van der Waals surface area contributed by atoms with E-state index in [0.717, 1.165) is 25.2 Å². The maximum Gasteiger partial charge on any atom is 0.131 e. The van der Waals surface area contributed by atoms with Crippen molar-refractivity contribution in [2.24, 2.45) is 5.92 Å². The molecular formula is C16H19ClFN3. The molecule has 2 N–H and O–H groups in total. The summed E-state index contributed by atoms with van der Waals surface area (Å²) in [6, 6.07) is 4.43. The standard InChI is InChI=1S/C16H19ClFN3/c1-9(2)8-21-15(19)14(20-16(21)10-3-4-10)11-5-12(17)7-13(18)6-11/h5-7,9-10H,3-4,8,19H2,1-2H3. The molecule has 0 bridgehead atoms. The van der Waals surface area contributed by atoms with Crippen LogP contribution in [0.1, 0.15) is 38.4 Å². The molecule has 2 aromatic rings. The highest BCUT2D eigenvalue weighted by molar-refractivity contribution is 6.30. The molecule has 0 unspecified atom stereocenters. The summed E-state index contributed by atoms with van der Waals surface area (Å²) >= 11 is 5.94. The number of halogens is 2. The van der Waals surface area contributed by atoms with E-state index in [0.29, 0.717) is 33.9 Å². The summed E-state index contributed by atoms with van der Waals surface area (Å²) in [5, 5.41) is 0.357. The fraction of sp³-hybridized carbons (Fsp3) is 0.438. The van der Waals surface area contributed by atoms with E-state index >= 15 is 0 Å². The van der Waals surface area contributed by atoms with Crippen LogP contribution >= 0.6 is 11.6 Å². The Bertz CT molecular complexity index is 654. The van der Waals surface area contributed by atoms with E-state index in [-0.39, 0.29) is 5.82 Å². The molecule has 0 aliphatic heterocycles. The van der Waals surface area contributed by atoms with Gasteiger partial charge in [-0.1, -0.05) is 25.4 Å². The van der Waals surface area contributed by atoms with E-state index in [1.54, 1.807) is 6.07 Å². The third kappa shape index (κ3) is 2.91. The molecule has 1 fully saturated rings. The van der Waals surface area contributed by atoms with Crippen LogP contribution in [0, 0.1) is 11.7 Å². The van der Waals surface area contributed by atoms with Crippen molar-refractivity contribution in [2.45, 2.75) is 39.2 Å². The molecule has 112 valence electrons. The van der Waals surface area contributed by atoms with Crippen molar-refractivity contribution in [2.75, 3.05) is 5.73 Å². The first-order valence-corrected chi connectivity index (χ1v) is 7.66. The predicted octanol–water partition coefficient (Wildman–Crippen LogP) is 4.46. The van der Waals surface area contributed by atoms with E-state index in [1.807, 2.05) is 0 Å². The van der Waals surface area contributed by atoms with Crippen molar-refractivity contribution in [3.63, 3.8) is 0 Å². The lowest BCUT2D eigenvalue weighted by Crippen LogP contribution is -2.10. The van der Waals surface area contributed by atoms with Crippen LogP contribution in [-0.2, 0) is 6.54 Å². The lowest BCUT2D eigenvalue weighted by molar-refractivity contribution is 0.512. The van der Waals surface area contributed by atoms with Gasteiger partial charge in [0.1, 0.15) is 23.2 Å². The Morgan fingerprint density at radius 3 is 2.67 bits per heavy atom. The molecule has 21 heavy (non-hydrogen) atoms. The number of nitrogen functional groups attached to an aromatic ring is 1. The first-order valence-electron chi connectivity index (χ1n) is 7.28. The molecule has 1 aromatic heterocycles.